The van der Waals surface area contributed by atoms with Crippen molar-refractivity contribution in [1.29, 1.82) is 0 Å². The van der Waals surface area contributed by atoms with E-state index in [2.05, 4.69) is 5.32 Å². The third-order valence-corrected chi connectivity index (χ3v) is 3.89. The van der Waals surface area contributed by atoms with Crippen LogP contribution in [-0.4, -0.2) is 47.5 Å². The van der Waals surface area contributed by atoms with Crippen molar-refractivity contribution in [1.82, 2.24) is 5.32 Å². The van der Waals surface area contributed by atoms with Crippen LogP contribution in [0.25, 0.3) is 0 Å². The van der Waals surface area contributed by atoms with E-state index in [1.165, 1.54) is 6.92 Å². The van der Waals surface area contributed by atoms with E-state index in [0.29, 0.717) is 0 Å². The number of aliphatic carboxylic acids is 1. The molecule has 0 saturated carbocycles. The van der Waals surface area contributed by atoms with Gasteiger partial charge in [-0.25, -0.2) is 9.18 Å². The molecule has 0 aliphatic rings. The fourth-order valence-electron chi connectivity index (χ4n) is 2.23. The minimum absolute atomic E-state index is 0.0238. The molecular weight excluding hydrogens is 407 g/mol. The molecule has 1 amide bonds. The second kappa shape index (κ2) is 13.6. The first-order valence-electron chi connectivity index (χ1n) is 9.37. The van der Waals surface area contributed by atoms with Crippen molar-refractivity contribution in [3.8, 4) is 0 Å². The van der Waals surface area contributed by atoms with Gasteiger partial charge in [0.2, 0.25) is 11.6 Å². The predicted molar refractivity (Wildman–Crippen MR) is 111 cm³/mol. The van der Waals surface area contributed by atoms with E-state index in [1.807, 2.05) is 6.07 Å². The molecule has 2 atom stereocenters. The molecule has 0 aromatic heterocycles. The van der Waals surface area contributed by atoms with Gasteiger partial charge in [0.05, 0.1) is 0 Å². The average Bonchev–Trinajstić information content (AvgIpc) is 2.78. The Hall–Kier alpha value is -3.59. The Labute approximate surface area is 179 Å². The number of nitrogens with two attached hydrogens (primary N) is 1. The summed E-state index contributed by atoms with van der Waals surface area (Å²) in [6.45, 7) is 0.0448. The number of hydrogen-bond acceptors (Lipinski definition) is 6. The largest absolute Gasteiger partial charge is 0.480 e. The van der Waals surface area contributed by atoms with Crippen LogP contribution in [0.5, 0.6) is 0 Å². The minimum Gasteiger partial charge on any atom is -0.480 e. The Morgan fingerprint density at radius 3 is 1.94 bits per heavy atom. The smallest absolute Gasteiger partial charge is 0.408 e. The number of Topliss-reactive ketones (excluding diaryl/α,β-unsaturated/α-hetero) is 2. The highest BCUT2D eigenvalue weighted by Gasteiger charge is 2.27. The van der Waals surface area contributed by atoms with Crippen molar-refractivity contribution in [2.45, 2.75) is 32.0 Å². The highest BCUT2D eigenvalue weighted by Crippen LogP contribution is 2.06. The number of alkyl halides is 1. The SMILES string of the molecule is C[C@H](N)C(=O)O.O=C(N[C@@H](Cc1ccccc1)C(=O)C(=O)CF)OCc1ccccc1. The molecule has 0 unspecified atom stereocenters. The van der Waals surface area contributed by atoms with Gasteiger partial charge >= 0.3 is 12.1 Å². The number of ether oxygens (including phenoxy) is 1. The number of carboxylic acids is 1. The van der Waals surface area contributed by atoms with E-state index in [4.69, 9.17) is 15.6 Å². The Balaban J connectivity index is 0.000000703. The quantitative estimate of drug-likeness (QED) is 0.516. The first-order valence-corrected chi connectivity index (χ1v) is 9.37. The number of halogens is 1. The highest BCUT2D eigenvalue weighted by molar-refractivity contribution is 6.40. The number of ketones is 2. The number of benzene rings is 2. The summed E-state index contributed by atoms with van der Waals surface area (Å²) < 4.78 is 17.6. The summed E-state index contributed by atoms with van der Waals surface area (Å²) in [5.74, 6) is -3.12. The molecule has 0 fully saturated rings. The highest BCUT2D eigenvalue weighted by atomic mass is 19.1. The summed E-state index contributed by atoms with van der Waals surface area (Å²) in [7, 11) is 0. The van der Waals surface area contributed by atoms with Crippen molar-refractivity contribution < 1.29 is 33.4 Å². The summed E-state index contributed by atoms with van der Waals surface area (Å²) in [6, 6.07) is 15.9. The van der Waals surface area contributed by atoms with Gasteiger partial charge in [0.25, 0.3) is 0 Å². The Bertz CT molecular complexity index is 859. The van der Waals surface area contributed by atoms with Crippen LogP contribution in [0.2, 0.25) is 0 Å². The summed E-state index contributed by atoms with van der Waals surface area (Å²) >= 11 is 0. The zero-order valence-electron chi connectivity index (χ0n) is 17.0. The number of carbonyl (C=O) groups excluding carboxylic acids is 3. The van der Waals surface area contributed by atoms with Gasteiger partial charge in [0, 0.05) is 6.42 Å². The zero-order valence-corrected chi connectivity index (χ0v) is 17.0. The van der Waals surface area contributed by atoms with Crippen molar-refractivity contribution in [3.63, 3.8) is 0 Å². The van der Waals surface area contributed by atoms with E-state index < -0.39 is 42.4 Å². The molecule has 0 saturated heterocycles. The molecule has 0 radical (unpaired) electrons. The fraction of sp³-hybridized carbons (Fsp3) is 0.273. The normalized spacial score (nSPS) is 11.8. The standard InChI is InChI=1S/C19H18FNO4.C3H7NO2/c20-12-17(22)18(23)16(11-14-7-3-1-4-8-14)21-19(24)25-13-15-9-5-2-6-10-15;1-2(4)3(5)6/h1-10,16H,11-13H2,(H,21,24);2H,4H2,1H3,(H,5,6)/t16-;2-/m00/s1. The monoisotopic (exact) mass is 432 g/mol. The lowest BCUT2D eigenvalue weighted by Crippen LogP contribution is -2.46. The lowest BCUT2D eigenvalue weighted by molar-refractivity contribution is -0.138. The first-order chi connectivity index (χ1) is 14.7. The first kappa shape index (κ1) is 25.4. The summed E-state index contributed by atoms with van der Waals surface area (Å²) in [5.41, 5.74) is 6.35. The zero-order chi connectivity index (χ0) is 23.2. The van der Waals surface area contributed by atoms with Gasteiger partial charge in [0.15, 0.2) is 6.67 Å². The third-order valence-electron chi connectivity index (χ3n) is 3.89. The molecule has 0 aliphatic heterocycles. The van der Waals surface area contributed by atoms with Crippen LogP contribution in [0.1, 0.15) is 18.1 Å². The number of alkyl carbamates (subject to hydrolysis) is 1. The van der Waals surface area contributed by atoms with E-state index in [0.717, 1.165) is 11.1 Å². The average molecular weight is 432 g/mol. The van der Waals surface area contributed by atoms with Gasteiger partial charge in [-0.2, -0.15) is 0 Å². The van der Waals surface area contributed by atoms with Crippen LogP contribution >= 0.6 is 0 Å². The van der Waals surface area contributed by atoms with E-state index in [1.54, 1.807) is 54.6 Å². The molecule has 0 aliphatic carbocycles. The van der Waals surface area contributed by atoms with Gasteiger partial charge < -0.3 is 20.9 Å². The lowest BCUT2D eigenvalue weighted by Gasteiger charge is -2.16. The van der Waals surface area contributed by atoms with E-state index in [-0.39, 0.29) is 13.0 Å². The summed E-state index contributed by atoms with van der Waals surface area (Å²) in [5, 5.41) is 10.2. The van der Waals surface area contributed by atoms with E-state index >= 15 is 0 Å². The van der Waals surface area contributed by atoms with Gasteiger partial charge in [-0.3, -0.25) is 14.4 Å². The Kier molecular flexibility index (Phi) is 11.2. The molecule has 9 heteroatoms. The number of nitrogens with one attached hydrogen (secondary N) is 1. The van der Waals surface area contributed by atoms with Crippen LogP contribution in [0.4, 0.5) is 9.18 Å². The Morgan fingerprint density at radius 2 is 1.48 bits per heavy atom. The van der Waals surface area contributed by atoms with Crippen molar-refractivity contribution in [2.24, 2.45) is 5.73 Å². The molecular formula is C22H25FN2O6. The second-order valence-corrected chi connectivity index (χ2v) is 6.50. The molecule has 31 heavy (non-hydrogen) atoms. The Morgan fingerprint density at radius 1 is 1.00 bits per heavy atom. The molecule has 2 rings (SSSR count). The molecule has 2 aromatic carbocycles. The maximum Gasteiger partial charge on any atom is 0.408 e. The molecule has 166 valence electrons. The maximum absolute atomic E-state index is 12.5. The lowest BCUT2D eigenvalue weighted by atomic mass is 10.0. The molecule has 0 spiro atoms. The van der Waals surface area contributed by atoms with Gasteiger partial charge in [0.1, 0.15) is 18.7 Å². The number of carbonyl (C=O) groups is 4. The third kappa shape index (κ3) is 10.1. The van der Waals surface area contributed by atoms with Crippen LogP contribution in [0.3, 0.4) is 0 Å². The number of rotatable bonds is 9. The molecule has 8 nitrogen and oxygen atoms in total. The van der Waals surface area contributed by atoms with E-state index in [9.17, 15) is 23.6 Å². The number of carboxylic acid groups (broad SMARTS) is 1. The predicted octanol–water partition coefficient (Wildman–Crippen LogP) is 2.05. The maximum atomic E-state index is 12.5. The minimum atomic E-state index is -1.40. The number of amides is 1. The molecule has 0 heterocycles. The van der Waals surface area contributed by atoms with Crippen molar-refractivity contribution in [2.75, 3.05) is 6.67 Å². The van der Waals surface area contributed by atoms with Crippen LogP contribution < -0.4 is 11.1 Å². The van der Waals surface area contributed by atoms with Crippen LogP contribution in [-0.2, 0) is 32.1 Å². The van der Waals surface area contributed by atoms with Gasteiger partial charge in [-0.15, -0.1) is 0 Å². The molecule has 2 aromatic rings. The summed E-state index contributed by atoms with van der Waals surface area (Å²) in [4.78, 5) is 44.9. The summed E-state index contributed by atoms with van der Waals surface area (Å²) in [6.07, 6.45) is -0.768. The van der Waals surface area contributed by atoms with Crippen LogP contribution in [0.15, 0.2) is 60.7 Å². The molecule has 0 bridgehead atoms. The van der Waals surface area contributed by atoms with Crippen molar-refractivity contribution in [3.05, 3.63) is 71.8 Å². The molecule has 4 N–H and O–H groups in total. The topological polar surface area (TPSA) is 136 Å². The van der Waals surface area contributed by atoms with Gasteiger partial charge in [-0.1, -0.05) is 60.7 Å². The number of hydrogen-bond donors (Lipinski definition) is 3. The van der Waals surface area contributed by atoms with Crippen LogP contribution in [0, 0.1) is 0 Å². The fourth-order valence-corrected chi connectivity index (χ4v) is 2.23. The second-order valence-electron chi connectivity index (χ2n) is 6.50. The van der Waals surface area contributed by atoms with Gasteiger partial charge in [-0.05, 0) is 18.1 Å². The van der Waals surface area contributed by atoms with Crippen molar-refractivity contribution >= 4 is 23.6 Å².